The summed E-state index contributed by atoms with van der Waals surface area (Å²) in [5.74, 6) is 0.0190. The van der Waals surface area contributed by atoms with Gasteiger partial charge in [-0.3, -0.25) is 14.4 Å². The Hall–Kier alpha value is -3.15. The Labute approximate surface area is 165 Å². The zero-order valence-electron chi connectivity index (χ0n) is 16.2. The molecule has 1 N–H and O–H groups in total. The number of nitrogens with one attached hydrogen (secondary N) is 1. The molecule has 3 amide bonds. The Balaban J connectivity index is 1.66. The van der Waals surface area contributed by atoms with Gasteiger partial charge in [-0.15, -0.1) is 0 Å². The fraction of sp³-hybridized carbons (Fsp3) is 0.318. The molecule has 3 rings (SSSR count). The standard InChI is InChI=1S/C22H25N3O3/c1-16(2)19-5-3-4-6-20(19)23-21(27)17-7-9-18(10-8-17)22(28)25-13-11-24(15-26)12-14-25/h3-10,15-16H,11-14H2,1-2H3,(H,23,27). The molecule has 0 atom stereocenters. The molecular weight excluding hydrogens is 354 g/mol. The van der Waals surface area contributed by atoms with Crippen LogP contribution in [0.2, 0.25) is 0 Å². The molecule has 1 fully saturated rings. The minimum absolute atomic E-state index is 0.0809. The molecular formula is C22H25N3O3. The molecule has 1 heterocycles. The van der Waals surface area contributed by atoms with Crippen molar-refractivity contribution < 1.29 is 14.4 Å². The van der Waals surface area contributed by atoms with Crippen LogP contribution in [0.4, 0.5) is 5.69 Å². The Morgan fingerprint density at radius 1 is 0.929 bits per heavy atom. The number of carbonyl (C=O) groups is 3. The first-order valence-corrected chi connectivity index (χ1v) is 9.48. The van der Waals surface area contributed by atoms with Gasteiger partial charge in [-0.1, -0.05) is 32.0 Å². The normalized spacial score (nSPS) is 14.1. The van der Waals surface area contributed by atoms with E-state index < -0.39 is 0 Å². The molecule has 2 aromatic carbocycles. The maximum absolute atomic E-state index is 12.6. The van der Waals surface area contributed by atoms with Crippen LogP contribution in [0.5, 0.6) is 0 Å². The minimum atomic E-state index is -0.202. The van der Waals surface area contributed by atoms with Gasteiger partial charge in [0.1, 0.15) is 0 Å². The summed E-state index contributed by atoms with van der Waals surface area (Å²) >= 11 is 0. The molecule has 0 saturated carbocycles. The van der Waals surface area contributed by atoms with Gasteiger partial charge in [0.25, 0.3) is 11.8 Å². The number of piperazine rings is 1. The summed E-state index contributed by atoms with van der Waals surface area (Å²) in [6.45, 7) is 6.30. The maximum atomic E-state index is 12.6. The number of carbonyl (C=O) groups excluding carboxylic acids is 3. The number of hydrogen-bond acceptors (Lipinski definition) is 3. The van der Waals surface area contributed by atoms with Crippen molar-refractivity contribution in [3.63, 3.8) is 0 Å². The lowest BCUT2D eigenvalue weighted by atomic mass is 10.0. The van der Waals surface area contributed by atoms with E-state index in [1.54, 1.807) is 34.1 Å². The summed E-state index contributed by atoms with van der Waals surface area (Å²) in [4.78, 5) is 39.4. The van der Waals surface area contributed by atoms with Crippen LogP contribution >= 0.6 is 0 Å². The van der Waals surface area contributed by atoms with Crippen molar-refractivity contribution in [3.8, 4) is 0 Å². The zero-order valence-corrected chi connectivity index (χ0v) is 16.2. The number of hydrogen-bond donors (Lipinski definition) is 1. The Bertz CT molecular complexity index is 854. The third-order valence-electron chi connectivity index (χ3n) is 4.98. The van der Waals surface area contributed by atoms with E-state index in [0.29, 0.717) is 43.2 Å². The molecule has 146 valence electrons. The van der Waals surface area contributed by atoms with Crippen LogP contribution < -0.4 is 5.32 Å². The largest absolute Gasteiger partial charge is 0.342 e. The second kappa shape index (κ2) is 8.69. The molecule has 28 heavy (non-hydrogen) atoms. The SMILES string of the molecule is CC(C)c1ccccc1NC(=O)c1ccc(C(=O)N2CCN(C=O)CC2)cc1. The fourth-order valence-electron chi connectivity index (χ4n) is 3.29. The van der Waals surface area contributed by atoms with E-state index in [2.05, 4.69) is 19.2 Å². The van der Waals surface area contributed by atoms with Gasteiger partial charge < -0.3 is 15.1 Å². The minimum Gasteiger partial charge on any atom is -0.342 e. The van der Waals surface area contributed by atoms with Gasteiger partial charge in [-0.05, 0) is 41.8 Å². The van der Waals surface area contributed by atoms with Crippen LogP contribution in [0.3, 0.4) is 0 Å². The van der Waals surface area contributed by atoms with Crippen LogP contribution in [0.1, 0.15) is 46.0 Å². The van der Waals surface area contributed by atoms with E-state index in [4.69, 9.17) is 0 Å². The molecule has 1 aliphatic heterocycles. The van der Waals surface area contributed by atoms with Crippen molar-refractivity contribution >= 4 is 23.9 Å². The van der Waals surface area contributed by atoms with Gasteiger partial charge in [0.05, 0.1) is 0 Å². The first-order valence-electron chi connectivity index (χ1n) is 9.48. The highest BCUT2D eigenvalue weighted by molar-refractivity contribution is 6.05. The van der Waals surface area contributed by atoms with Gasteiger partial charge in [0.2, 0.25) is 6.41 Å². The van der Waals surface area contributed by atoms with Gasteiger partial charge in [0, 0.05) is 43.0 Å². The van der Waals surface area contributed by atoms with Crippen molar-refractivity contribution in [2.24, 2.45) is 0 Å². The van der Waals surface area contributed by atoms with Crippen molar-refractivity contribution in [2.75, 3.05) is 31.5 Å². The molecule has 0 bridgehead atoms. The predicted octanol–water partition coefficient (Wildman–Crippen LogP) is 2.98. The second-order valence-electron chi connectivity index (χ2n) is 7.21. The highest BCUT2D eigenvalue weighted by Crippen LogP contribution is 2.24. The summed E-state index contributed by atoms with van der Waals surface area (Å²) in [6, 6.07) is 14.4. The smallest absolute Gasteiger partial charge is 0.255 e. The second-order valence-corrected chi connectivity index (χ2v) is 7.21. The lowest BCUT2D eigenvalue weighted by molar-refractivity contribution is -0.119. The zero-order chi connectivity index (χ0) is 20.1. The van der Waals surface area contributed by atoms with Crippen LogP contribution in [-0.2, 0) is 4.79 Å². The molecule has 2 aromatic rings. The van der Waals surface area contributed by atoms with E-state index in [9.17, 15) is 14.4 Å². The number of para-hydroxylation sites is 1. The molecule has 6 nitrogen and oxygen atoms in total. The summed E-state index contributed by atoms with van der Waals surface area (Å²) < 4.78 is 0. The van der Waals surface area contributed by atoms with Crippen LogP contribution in [0, 0.1) is 0 Å². The van der Waals surface area contributed by atoms with Gasteiger partial charge >= 0.3 is 0 Å². The number of rotatable bonds is 5. The lowest BCUT2D eigenvalue weighted by Crippen LogP contribution is -2.48. The van der Waals surface area contributed by atoms with Crippen molar-refractivity contribution in [2.45, 2.75) is 19.8 Å². The average Bonchev–Trinajstić information content (AvgIpc) is 2.73. The van der Waals surface area contributed by atoms with Crippen molar-refractivity contribution in [3.05, 3.63) is 65.2 Å². The number of amides is 3. The molecule has 0 radical (unpaired) electrons. The Morgan fingerprint density at radius 3 is 2.14 bits per heavy atom. The predicted molar refractivity (Wildman–Crippen MR) is 108 cm³/mol. The summed E-state index contributed by atoms with van der Waals surface area (Å²) in [5.41, 5.74) is 2.92. The molecule has 0 aromatic heterocycles. The van der Waals surface area contributed by atoms with Crippen LogP contribution in [0.15, 0.2) is 48.5 Å². The quantitative estimate of drug-likeness (QED) is 0.812. The Morgan fingerprint density at radius 2 is 1.54 bits per heavy atom. The highest BCUT2D eigenvalue weighted by atomic mass is 16.2. The van der Waals surface area contributed by atoms with E-state index in [1.807, 2.05) is 24.3 Å². The first-order chi connectivity index (χ1) is 13.5. The van der Waals surface area contributed by atoms with E-state index >= 15 is 0 Å². The first kappa shape index (κ1) is 19.6. The van der Waals surface area contributed by atoms with Gasteiger partial charge in [0.15, 0.2) is 0 Å². The topological polar surface area (TPSA) is 69.7 Å². The molecule has 1 saturated heterocycles. The summed E-state index contributed by atoms with van der Waals surface area (Å²) in [6.07, 6.45) is 0.812. The molecule has 1 aliphatic rings. The maximum Gasteiger partial charge on any atom is 0.255 e. The third-order valence-corrected chi connectivity index (χ3v) is 4.98. The molecule has 0 spiro atoms. The monoisotopic (exact) mass is 379 g/mol. The highest BCUT2D eigenvalue weighted by Gasteiger charge is 2.21. The van der Waals surface area contributed by atoms with Crippen molar-refractivity contribution in [1.82, 2.24) is 9.80 Å². The number of nitrogens with zero attached hydrogens (tertiary/aromatic N) is 2. The summed E-state index contributed by atoms with van der Waals surface area (Å²) in [7, 11) is 0. The molecule has 0 aliphatic carbocycles. The van der Waals surface area contributed by atoms with Crippen LogP contribution in [-0.4, -0.2) is 54.2 Å². The summed E-state index contributed by atoms with van der Waals surface area (Å²) in [5, 5.41) is 2.96. The van der Waals surface area contributed by atoms with E-state index in [-0.39, 0.29) is 11.8 Å². The molecule has 0 unspecified atom stereocenters. The Kier molecular flexibility index (Phi) is 6.09. The third kappa shape index (κ3) is 4.39. The number of anilines is 1. The average molecular weight is 379 g/mol. The number of benzene rings is 2. The molecule has 6 heteroatoms. The van der Waals surface area contributed by atoms with Gasteiger partial charge in [-0.25, -0.2) is 0 Å². The van der Waals surface area contributed by atoms with E-state index in [0.717, 1.165) is 17.7 Å². The lowest BCUT2D eigenvalue weighted by Gasteiger charge is -2.32. The van der Waals surface area contributed by atoms with Crippen LogP contribution in [0.25, 0.3) is 0 Å². The van der Waals surface area contributed by atoms with Gasteiger partial charge in [-0.2, -0.15) is 0 Å². The van der Waals surface area contributed by atoms with Crippen molar-refractivity contribution in [1.29, 1.82) is 0 Å². The van der Waals surface area contributed by atoms with E-state index in [1.165, 1.54) is 0 Å². The fourth-order valence-corrected chi connectivity index (χ4v) is 3.29.